The van der Waals surface area contributed by atoms with Crippen molar-refractivity contribution in [3.05, 3.63) is 15.9 Å². The average molecular weight is 295 g/mol. The third-order valence-electron chi connectivity index (χ3n) is 4.17. The molecule has 2 heterocycles. The van der Waals surface area contributed by atoms with E-state index in [9.17, 15) is 10.1 Å². The topological polar surface area (TPSA) is 76.2 Å². The van der Waals surface area contributed by atoms with Gasteiger partial charge in [0.15, 0.2) is 0 Å². The fourth-order valence-corrected chi connectivity index (χ4v) is 2.99. The average Bonchev–Trinajstić information content (AvgIpc) is 2.76. The Morgan fingerprint density at radius 1 is 1.48 bits per heavy atom. The van der Waals surface area contributed by atoms with Crippen molar-refractivity contribution >= 4 is 11.6 Å². The van der Waals surface area contributed by atoms with Crippen LogP contribution in [-0.2, 0) is 7.05 Å². The molecule has 1 aromatic heterocycles. The normalized spacial score (nSPS) is 16.1. The molecule has 0 saturated carbocycles. The number of nitro groups is 1. The predicted octanol–water partition coefficient (Wildman–Crippen LogP) is 1.85. The predicted molar refractivity (Wildman–Crippen MR) is 82.7 cm³/mol. The van der Waals surface area contributed by atoms with Gasteiger partial charge in [-0.2, -0.15) is 0 Å². The van der Waals surface area contributed by atoms with Crippen molar-refractivity contribution < 1.29 is 4.92 Å². The van der Waals surface area contributed by atoms with Gasteiger partial charge >= 0.3 is 5.82 Å². The molecule has 0 bridgehead atoms. The van der Waals surface area contributed by atoms with Crippen molar-refractivity contribution in [1.82, 2.24) is 14.9 Å². The van der Waals surface area contributed by atoms with E-state index >= 15 is 0 Å². The van der Waals surface area contributed by atoms with Gasteiger partial charge in [0.2, 0.25) is 11.6 Å². The maximum absolute atomic E-state index is 11.3. The second-order valence-corrected chi connectivity index (χ2v) is 5.76. The summed E-state index contributed by atoms with van der Waals surface area (Å²) in [4.78, 5) is 17.2. The number of hydrogen-bond donors (Lipinski definition) is 1. The molecule has 118 valence electrons. The summed E-state index contributed by atoms with van der Waals surface area (Å²) < 4.78 is 1.84. The van der Waals surface area contributed by atoms with E-state index in [0.717, 1.165) is 45.4 Å². The lowest BCUT2D eigenvalue weighted by molar-refractivity contribution is -0.388. The minimum atomic E-state index is -0.368. The Bertz CT molecular complexity index is 494. The van der Waals surface area contributed by atoms with Crippen molar-refractivity contribution in [2.45, 2.75) is 33.1 Å². The lowest BCUT2D eigenvalue weighted by atomic mass is 9.97. The number of piperidine rings is 1. The number of nitrogens with zero attached hydrogens (tertiary/aromatic N) is 4. The van der Waals surface area contributed by atoms with Crippen molar-refractivity contribution in [1.29, 1.82) is 0 Å². The van der Waals surface area contributed by atoms with Gasteiger partial charge in [-0.1, -0.05) is 6.92 Å². The molecule has 0 aromatic carbocycles. The highest BCUT2D eigenvalue weighted by Crippen LogP contribution is 2.29. The molecule has 1 aliphatic rings. The van der Waals surface area contributed by atoms with Crippen LogP contribution in [0.5, 0.6) is 0 Å². The number of aromatic nitrogens is 2. The van der Waals surface area contributed by atoms with E-state index < -0.39 is 0 Å². The molecule has 0 atom stereocenters. The molecular weight excluding hydrogens is 270 g/mol. The van der Waals surface area contributed by atoms with E-state index in [2.05, 4.69) is 22.1 Å². The Kier molecular flexibility index (Phi) is 5.17. The van der Waals surface area contributed by atoms with Crippen LogP contribution in [0.1, 0.15) is 32.0 Å². The number of rotatable bonds is 6. The molecule has 0 spiro atoms. The van der Waals surface area contributed by atoms with Crippen molar-refractivity contribution in [2.75, 3.05) is 31.1 Å². The van der Waals surface area contributed by atoms with Gasteiger partial charge in [-0.05, 0) is 48.2 Å². The summed E-state index contributed by atoms with van der Waals surface area (Å²) in [7, 11) is 1.86. The molecule has 0 unspecified atom stereocenters. The van der Waals surface area contributed by atoms with Gasteiger partial charge in [-0.3, -0.25) is 4.57 Å². The molecule has 7 heteroatoms. The number of imidazole rings is 1. The van der Waals surface area contributed by atoms with Gasteiger partial charge in [0.25, 0.3) is 0 Å². The zero-order valence-electron chi connectivity index (χ0n) is 13.1. The van der Waals surface area contributed by atoms with Crippen LogP contribution < -0.4 is 10.2 Å². The molecule has 1 fully saturated rings. The standard InChI is InChI=1S/C14H25N5O2/c1-4-9-18(10-12-5-7-15-8-6-12)14-13(19(20)21)16-11(2)17(14)3/h12,15H,4-10H2,1-3H3. The number of nitrogens with one attached hydrogen (secondary N) is 1. The second-order valence-electron chi connectivity index (χ2n) is 5.76. The fraction of sp³-hybridized carbons (Fsp3) is 0.786. The molecule has 2 rings (SSSR count). The molecular formula is C14H25N5O2. The van der Waals surface area contributed by atoms with Crippen LogP contribution in [0.3, 0.4) is 0 Å². The molecule has 0 amide bonds. The molecule has 1 aromatic rings. The van der Waals surface area contributed by atoms with E-state index in [4.69, 9.17) is 0 Å². The summed E-state index contributed by atoms with van der Waals surface area (Å²) in [5.41, 5.74) is 0. The van der Waals surface area contributed by atoms with Crippen LogP contribution in [0.15, 0.2) is 0 Å². The third-order valence-corrected chi connectivity index (χ3v) is 4.17. The third kappa shape index (κ3) is 3.53. The van der Waals surface area contributed by atoms with Gasteiger partial charge in [0.1, 0.15) is 0 Å². The lowest BCUT2D eigenvalue weighted by Gasteiger charge is -2.30. The van der Waals surface area contributed by atoms with Gasteiger partial charge in [-0.15, -0.1) is 0 Å². The first-order valence-corrected chi connectivity index (χ1v) is 7.68. The van der Waals surface area contributed by atoms with Crippen molar-refractivity contribution in [3.8, 4) is 0 Å². The maximum atomic E-state index is 11.3. The smallest absolute Gasteiger partial charge is 0.358 e. The van der Waals surface area contributed by atoms with Crippen LogP contribution in [0.2, 0.25) is 0 Å². The summed E-state index contributed by atoms with van der Waals surface area (Å²) in [6.45, 7) is 7.68. The summed E-state index contributed by atoms with van der Waals surface area (Å²) >= 11 is 0. The highest BCUT2D eigenvalue weighted by atomic mass is 16.6. The molecule has 1 aliphatic heterocycles. The summed E-state index contributed by atoms with van der Waals surface area (Å²) in [6.07, 6.45) is 3.22. The molecule has 1 saturated heterocycles. The monoisotopic (exact) mass is 295 g/mol. The number of aryl methyl sites for hydroxylation is 1. The summed E-state index contributed by atoms with van der Waals surface area (Å²) in [6, 6.07) is 0. The molecule has 1 N–H and O–H groups in total. The Morgan fingerprint density at radius 2 is 2.14 bits per heavy atom. The van der Waals surface area contributed by atoms with E-state index in [1.165, 1.54) is 0 Å². The van der Waals surface area contributed by atoms with E-state index in [1.54, 1.807) is 0 Å². The zero-order chi connectivity index (χ0) is 15.4. The lowest BCUT2D eigenvalue weighted by Crippen LogP contribution is -2.37. The SMILES string of the molecule is CCCN(CC1CCNCC1)c1c([N+](=O)[O-])nc(C)n1C. The molecule has 0 aliphatic carbocycles. The first-order chi connectivity index (χ1) is 10.0. The molecule has 7 nitrogen and oxygen atoms in total. The Hall–Kier alpha value is -1.63. The number of hydrogen-bond acceptors (Lipinski definition) is 5. The van der Waals surface area contributed by atoms with Crippen LogP contribution in [-0.4, -0.2) is 40.7 Å². The van der Waals surface area contributed by atoms with Gasteiger partial charge in [0, 0.05) is 27.1 Å². The first kappa shape index (κ1) is 15.8. The largest absolute Gasteiger partial charge is 0.406 e. The van der Waals surface area contributed by atoms with Gasteiger partial charge in [-0.25, -0.2) is 0 Å². The van der Waals surface area contributed by atoms with Crippen molar-refractivity contribution in [2.24, 2.45) is 13.0 Å². The minimum absolute atomic E-state index is 0.0163. The Morgan fingerprint density at radius 3 is 2.71 bits per heavy atom. The van der Waals surface area contributed by atoms with E-state index in [0.29, 0.717) is 17.6 Å². The van der Waals surface area contributed by atoms with Crippen molar-refractivity contribution in [3.63, 3.8) is 0 Å². The van der Waals surface area contributed by atoms with Gasteiger partial charge < -0.3 is 20.3 Å². The Labute approximate surface area is 125 Å². The summed E-state index contributed by atoms with van der Waals surface area (Å²) in [5.74, 6) is 1.91. The highest BCUT2D eigenvalue weighted by Gasteiger charge is 2.29. The maximum Gasteiger partial charge on any atom is 0.406 e. The van der Waals surface area contributed by atoms with Crippen LogP contribution in [0.4, 0.5) is 11.6 Å². The Balaban J connectivity index is 2.26. The van der Waals surface area contributed by atoms with E-state index in [1.807, 2.05) is 18.5 Å². The number of anilines is 1. The van der Waals surface area contributed by atoms with Gasteiger partial charge in [0.05, 0.1) is 0 Å². The first-order valence-electron chi connectivity index (χ1n) is 7.68. The highest BCUT2D eigenvalue weighted by molar-refractivity contribution is 5.56. The summed E-state index contributed by atoms with van der Waals surface area (Å²) in [5, 5.41) is 14.6. The zero-order valence-corrected chi connectivity index (χ0v) is 13.1. The van der Waals surface area contributed by atoms with Crippen LogP contribution >= 0.6 is 0 Å². The molecule has 0 radical (unpaired) electrons. The van der Waals surface area contributed by atoms with Crippen LogP contribution in [0.25, 0.3) is 0 Å². The molecule has 21 heavy (non-hydrogen) atoms. The second kappa shape index (κ2) is 6.89. The van der Waals surface area contributed by atoms with Crippen LogP contribution in [0, 0.1) is 23.0 Å². The minimum Gasteiger partial charge on any atom is -0.358 e. The fourth-order valence-electron chi connectivity index (χ4n) is 2.99. The quantitative estimate of drug-likeness (QED) is 0.640. The van der Waals surface area contributed by atoms with E-state index in [-0.39, 0.29) is 10.7 Å².